The van der Waals surface area contributed by atoms with E-state index in [2.05, 4.69) is 10.0 Å². The Balaban J connectivity index is 2.81. The van der Waals surface area contributed by atoms with Crippen LogP contribution in [0.2, 0.25) is 5.02 Å². The molecule has 0 saturated heterocycles. The molecule has 0 bridgehead atoms. The van der Waals surface area contributed by atoms with E-state index < -0.39 is 21.1 Å². The number of benzene rings is 1. The lowest BCUT2D eigenvalue weighted by Crippen LogP contribution is -2.37. The van der Waals surface area contributed by atoms with E-state index in [1.807, 2.05) is 13.8 Å². The highest BCUT2D eigenvalue weighted by Crippen LogP contribution is 2.21. The molecule has 0 fully saturated rings. The van der Waals surface area contributed by atoms with Gasteiger partial charge in [-0.3, -0.25) is 4.72 Å². The van der Waals surface area contributed by atoms with Crippen LogP contribution in [0.4, 0.5) is 10.1 Å². The molecule has 0 saturated carbocycles. The molecular formula is C12H18ClFN2O2S. The summed E-state index contributed by atoms with van der Waals surface area (Å²) < 4.78 is 39.7. The normalized spacial score (nSPS) is 13.6. The Morgan fingerprint density at radius 3 is 2.53 bits per heavy atom. The van der Waals surface area contributed by atoms with Gasteiger partial charge in [0.05, 0.1) is 10.9 Å². The van der Waals surface area contributed by atoms with E-state index >= 15 is 0 Å². The van der Waals surface area contributed by atoms with Gasteiger partial charge in [0.25, 0.3) is 0 Å². The van der Waals surface area contributed by atoms with Gasteiger partial charge in [-0.05, 0) is 25.1 Å². The third kappa shape index (κ3) is 4.97. The maximum atomic E-state index is 13.5. The highest BCUT2D eigenvalue weighted by Gasteiger charge is 2.22. The van der Waals surface area contributed by atoms with Crippen LogP contribution in [-0.2, 0) is 10.0 Å². The SMILES string of the molecule is CC(C)NCC(C)S(=O)(=O)Nc1cc(Cl)ccc1F. The highest BCUT2D eigenvalue weighted by atomic mass is 35.5. The number of anilines is 1. The summed E-state index contributed by atoms with van der Waals surface area (Å²) >= 11 is 5.71. The Labute approximate surface area is 118 Å². The third-order valence-corrected chi connectivity index (χ3v) is 4.49. The Morgan fingerprint density at radius 1 is 1.32 bits per heavy atom. The zero-order chi connectivity index (χ0) is 14.6. The predicted molar refractivity (Wildman–Crippen MR) is 76.6 cm³/mol. The van der Waals surface area contributed by atoms with Crippen LogP contribution in [-0.4, -0.2) is 26.3 Å². The van der Waals surface area contributed by atoms with Crippen LogP contribution >= 0.6 is 11.6 Å². The molecule has 0 aliphatic rings. The molecule has 7 heteroatoms. The molecule has 1 rings (SSSR count). The number of halogens is 2. The summed E-state index contributed by atoms with van der Waals surface area (Å²) in [6, 6.07) is 3.91. The Kier molecular flexibility index (Phi) is 5.58. The van der Waals surface area contributed by atoms with E-state index in [0.717, 1.165) is 6.07 Å². The lowest BCUT2D eigenvalue weighted by Gasteiger charge is -2.17. The summed E-state index contributed by atoms with van der Waals surface area (Å²) in [5.74, 6) is -0.656. The van der Waals surface area contributed by atoms with Crippen LogP contribution in [0.5, 0.6) is 0 Å². The van der Waals surface area contributed by atoms with Gasteiger partial charge >= 0.3 is 0 Å². The molecule has 0 spiro atoms. The lowest BCUT2D eigenvalue weighted by atomic mass is 10.3. The minimum atomic E-state index is -3.66. The van der Waals surface area contributed by atoms with Gasteiger partial charge in [-0.25, -0.2) is 12.8 Å². The molecular weight excluding hydrogens is 291 g/mol. The molecule has 1 aromatic carbocycles. The molecule has 4 nitrogen and oxygen atoms in total. The molecule has 0 aliphatic carbocycles. The molecule has 0 heterocycles. The van der Waals surface area contributed by atoms with Gasteiger partial charge in [0.15, 0.2) is 0 Å². The molecule has 0 amide bonds. The standard InChI is InChI=1S/C12H18ClFN2O2S/c1-8(2)15-7-9(3)19(17,18)16-12-6-10(13)4-5-11(12)14/h4-6,8-9,15-16H,7H2,1-3H3. The number of hydrogen-bond donors (Lipinski definition) is 2. The second-order valence-corrected chi connectivity index (χ2v) is 7.18. The summed E-state index contributed by atoms with van der Waals surface area (Å²) in [5.41, 5.74) is -0.135. The smallest absolute Gasteiger partial charge is 0.236 e. The summed E-state index contributed by atoms with van der Waals surface area (Å²) in [6.07, 6.45) is 0. The van der Waals surface area contributed by atoms with Crippen LogP contribution in [0.3, 0.4) is 0 Å². The second kappa shape index (κ2) is 6.54. The molecule has 19 heavy (non-hydrogen) atoms. The van der Waals surface area contributed by atoms with Crippen molar-refractivity contribution in [3.8, 4) is 0 Å². The van der Waals surface area contributed by atoms with E-state index in [1.54, 1.807) is 6.92 Å². The van der Waals surface area contributed by atoms with E-state index in [9.17, 15) is 12.8 Å². The van der Waals surface area contributed by atoms with Crippen molar-refractivity contribution >= 4 is 27.3 Å². The van der Waals surface area contributed by atoms with Gasteiger partial charge in [-0.2, -0.15) is 0 Å². The first-order chi connectivity index (χ1) is 8.72. The van der Waals surface area contributed by atoms with Crippen LogP contribution in [0, 0.1) is 5.82 Å². The summed E-state index contributed by atoms with van der Waals surface area (Å²) in [4.78, 5) is 0. The van der Waals surface area contributed by atoms with Gasteiger partial charge in [-0.1, -0.05) is 25.4 Å². The third-order valence-electron chi connectivity index (χ3n) is 2.52. The van der Waals surface area contributed by atoms with Crippen LogP contribution in [0.15, 0.2) is 18.2 Å². The van der Waals surface area contributed by atoms with Crippen molar-refractivity contribution in [2.45, 2.75) is 32.1 Å². The van der Waals surface area contributed by atoms with Crippen LogP contribution in [0.25, 0.3) is 0 Å². The first kappa shape index (κ1) is 16.2. The maximum Gasteiger partial charge on any atom is 0.236 e. The largest absolute Gasteiger partial charge is 0.313 e. The van der Waals surface area contributed by atoms with E-state index in [-0.39, 0.29) is 23.3 Å². The Morgan fingerprint density at radius 2 is 1.95 bits per heavy atom. The average molecular weight is 309 g/mol. The number of sulfonamides is 1. The Hall–Kier alpha value is -0.850. The topological polar surface area (TPSA) is 58.2 Å². The summed E-state index contributed by atoms with van der Waals surface area (Å²) in [5, 5.41) is 2.61. The Bertz CT molecular complexity index is 535. The zero-order valence-corrected chi connectivity index (χ0v) is 12.6. The first-order valence-electron chi connectivity index (χ1n) is 5.92. The van der Waals surface area contributed by atoms with Crippen molar-refractivity contribution in [3.63, 3.8) is 0 Å². The molecule has 1 atom stereocenters. The van der Waals surface area contributed by atoms with Crippen molar-refractivity contribution in [2.75, 3.05) is 11.3 Å². The molecule has 1 aromatic rings. The highest BCUT2D eigenvalue weighted by molar-refractivity contribution is 7.93. The van der Waals surface area contributed by atoms with Gasteiger partial charge in [0.1, 0.15) is 5.82 Å². The van der Waals surface area contributed by atoms with E-state index in [1.165, 1.54) is 12.1 Å². The number of rotatable bonds is 6. The fraction of sp³-hybridized carbons (Fsp3) is 0.500. The van der Waals surface area contributed by atoms with Crippen molar-refractivity contribution in [1.82, 2.24) is 5.32 Å². The van der Waals surface area contributed by atoms with Gasteiger partial charge in [0.2, 0.25) is 10.0 Å². The zero-order valence-electron chi connectivity index (χ0n) is 11.1. The molecule has 108 valence electrons. The molecule has 2 N–H and O–H groups in total. The minimum Gasteiger partial charge on any atom is -0.313 e. The van der Waals surface area contributed by atoms with Crippen LogP contribution < -0.4 is 10.0 Å². The van der Waals surface area contributed by atoms with E-state index in [0.29, 0.717) is 0 Å². The molecule has 0 radical (unpaired) electrons. The average Bonchev–Trinajstić information content (AvgIpc) is 2.30. The van der Waals surface area contributed by atoms with Gasteiger partial charge in [0, 0.05) is 17.6 Å². The number of nitrogens with one attached hydrogen (secondary N) is 2. The lowest BCUT2D eigenvalue weighted by molar-refractivity contribution is 0.553. The maximum absolute atomic E-state index is 13.5. The molecule has 0 aromatic heterocycles. The monoisotopic (exact) mass is 308 g/mol. The quantitative estimate of drug-likeness (QED) is 0.849. The van der Waals surface area contributed by atoms with Crippen molar-refractivity contribution in [2.24, 2.45) is 0 Å². The fourth-order valence-corrected chi connectivity index (χ4v) is 2.49. The summed E-state index contributed by atoms with van der Waals surface area (Å²) in [6.45, 7) is 5.68. The van der Waals surface area contributed by atoms with E-state index in [4.69, 9.17) is 11.6 Å². The molecule has 0 aliphatic heterocycles. The second-order valence-electron chi connectivity index (χ2n) is 4.64. The predicted octanol–water partition coefficient (Wildman–Crippen LogP) is 2.61. The van der Waals surface area contributed by atoms with Gasteiger partial charge < -0.3 is 5.32 Å². The van der Waals surface area contributed by atoms with Crippen molar-refractivity contribution in [1.29, 1.82) is 0 Å². The van der Waals surface area contributed by atoms with Crippen molar-refractivity contribution < 1.29 is 12.8 Å². The summed E-state index contributed by atoms with van der Waals surface area (Å²) in [7, 11) is -3.66. The first-order valence-corrected chi connectivity index (χ1v) is 7.85. The number of hydrogen-bond acceptors (Lipinski definition) is 3. The molecule has 1 unspecified atom stereocenters. The fourth-order valence-electron chi connectivity index (χ4n) is 1.34. The van der Waals surface area contributed by atoms with Gasteiger partial charge in [-0.15, -0.1) is 0 Å². The van der Waals surface area contributed by atoms with Crippen LogP contribution in [0.1, 0.15) is 20.8 Å². The minimum absolute atomic E-state index is 0.135. The van der Waals surface area contributed by atoms with Crippen molar-refractivity contribution in [3.05, 3.63) is 29.0 Å².